The van der Waals surface area contributed by atoms with Crippen LogP contribution >= 0.6 is 22.6 Å². The molecule has 1 heterocycles. The van der Waals surface area contributed by atoms with E-state index in [1.54, 1.807) is 43.3 Å². The van der Waals surface area contributed by atoms with Crippen molar-refractivity contribution in [2.45, 2.75) is 32.1 Å². The number of Topliss-reactive ketones (excluding diaryl/α,β-unsaturated/α-hetero) is 1. The predicted molar refractivity (Wildman–Crippen MR) is 157 cm³/mol. The van der Waals surface area contributed by atoms with Crippen LogP contribution in [0.1, 0.15) is 36.8 Å². The van der Waals surface area contributed by atoms with Gasteiger partial charge in [0.2, 0.25) is 11.8 Å². The molecule has 2 aromatic carbocycles. The Balaban J connectivity index is 1.40. The lowest BCUT2D eigenvalue weighted by Gasteiger charge is -2.42. The van der Waals surface area contributed by atoms with Gasteiger partial charge in [-0.05, 0) is 96.2 Å². The summed E-state index contributed by atoms with van der Waals surface area (Å²) in [6.07, 6.45) is 4.39. The Morgan fingerprint density at radius 2 is 1.76 bits per heavy atom. The molecule has 4 aliphatic rings. The van der Waals surface area contributed by atoms with Crippen molar-refractivity contribution >= 4 is 46.0 Å². The van der Waals surface area contributed by atoms with Crippen LogP contribution in [0.3, 0.4) is 0 Å². The summed E-state index contributed by atoms with van der Waals surface area (Å²) in [6, 6.07) is 10.1. The van der Waals surface area contributed by atoms with E-state index in [2.05, 4.69) is 0 Å². The average molecular weight is 665 g/mol. The molecule has 210 valence electrons. The number of nitrogens with zero attached hydrogens (tertiary/aromatic N) is 1. The van der Waals surface area contributed by atoms with E-state index < -0.39 is 23.7 Å². The molecule has 6 rings (SSSR count). The molecule has 9 heteroatoms. The molecule has 4 atom stereocenters. The summed E-state index contributed by atoms with van der Waals surface area (Å²) < 4.78 is 5.94. The number of likely N-dealkylation sites (tertiary alicyclic amines) is 1. The number of phenols is 2. The standard InChI is InChI=1S/C32H28INO7/c1-15-11-24(36)28-22(29(15)37)14-21-19(26(28)17-12-23(33)30(38)25(13-17)41-2)7-8-20-27(21)32(40)34(31(20)39)10-9-16-3-5-18(35)6-4-16/h3-7,11-13,20-21,26-27,35,38H,8-10,14H2,1-2H3/t20-,21+,26-,27-/m0/s1. The molecule has 2 aromatic rings. The van der Waals surface area contributed by atoms with Crippen molar-refractivity contribution in [2.75, 3.05) is 13.7 Å². The fourth-order valence-electron chi connectivity index (χ4n) is 6.87. The van der Waals surface area contributed by atoms with Gasteiger partial charge in [0.25, 0.3) is 0 Å². The summed E-state index contributed by atoms with van der Waals surface area (Å²) in [4.78, 5) is 55.6. The number of halogens is 1. The van der Waals surface area contributed by atoms with E-state index in [-0.39, 0.29) is 53.6 Å². The highest BCUT2D eigenvalue weighted by atomic mass is 127. The summed E-state index contributed by atoms with van der Waals surface area (Å²) in [6.45, 7) is 1.84. The van der Waals surface area contributed by atoms with Crippen LogP contribution in [0.25, 0.3) is 0 Å². The number of carbonyl (C=O) groups excluding carboxylic acids is 4. The number of methoxy groups -OCH3 is 1. The number of phenolic OH excluding ortho intramolecular Hbond substituents is 2. The SMILES string of the molecule is COc1cc([C@H]2C3=CC[C@@H]4C(=O)N(CCc5ccc(O)cc5)C(=O)[C@@H]4[C@@H]3CC3=C2C(=O)C=C(C)C3=O)cc(I)c1O. The van der Waals surface area contributed by atoms with Crippen molar-refractivity contribution in [3.05, 3.63) is 85.5 Å². The maximum atomic E-state index is 13.9. The van der Waals surface area contributed by atoms with E-state index >= 15 is 0 Å². The maximum Gasteiger partial charge on any atom is 0.233 e. The van der Waals surface area contributed by atoms with E-state index in [1.165, 1.54) is 18.1 Å². The van der Waals surface area contributed by atoms with Gasteiger partial charge in [0.1, 0.15) is 5.75 Å². The summed E-state index contributed by atoms with van der Waals surface area (Å²) >= 11 is 2.00. The molecule has 8 nitrogen and oxygen atoms in total. The zero-order valence-corrected chi connectivity index (χ0v) is 24.7. The fraction of sp³-hybridized carbons (Fsp3) is 0.312. The monoisotopic (exact) mass is 665 g/mol. The quantitative estimate of drug-likeness (QED) is 0.211. The number of ketones is 2. The number of amides is 2. The Labute approximate surface area is 250 Å². The molecule has 0 bridgehead atoms. The molecule has 0 aromatic heterocycles. The summed E-state index contributed by atoms with van der Waals surface area (Å²) in [5.41, 5.74) is 3.58. The van der Waals surface area contributed by atoms with Crippen LogP contribution in [0.4, 0.5) is 0 Å². The van der Waals surface area contributed by atoms with E-state index in [4.69, 9.17) is 4.74 Å². The smallest absolute Gasteiger partial charge is 0.233 e. The van der Waals surface area contributed by atoms with E-state index in [0.29, 0.717) is 38.7 Å². The average Bonchev–Trinajstić information content (AvgIpc) is 3.20. The summed E-state index contributed by atoms with van der Waals surface area (Å²) in [7, 11) is 1.45. The number of imide groups is 1. The highest BCUT2D eigenvalue weighted by molar-refractivity contribution is 14.1. The van der Waals surface area contributed by atoms with Crippen LogP contribution < -0.4 is 4.74 Å². The van der Waals surface area contributed by atoms with Gasteiger partial charge in [0, 0.05) is 29.2 Å². The Morgan fingerprint density at radius 3 is 2.46 bits per heavy atom. The number of hydrogen-bond donors (Lipinski definition) is 2. The number of hydrogen-bond acceptors (Lipinski definition) is 7. The molecule has 0 radical (unpaired) electrons. The number of ether oxygens (including phenoxy) is 1. The third kappa shape index (κ3) is 4.41. The van der Waals surface area contributed by atoms with Crippen molar-refractivity contribution in [1.29, 1.82) is 0 Å². The van der Waals surface area contributed by atoms with Gasteiger partial charge < -0.3 is 14.9 Å². The highest BCUT2D eigenvalue weighted by Gasteiger charge is 2.56. The Kier molecular flexibility index (Phi) is 6.88. The Bertz CT molecular complexity index is 1620. The molecule has 2 amide bonds. The maximum absolute atomic E-state index is 13.9. The molecule has 3 aliphatic carbocycles. The predicted octanol–water partition coefficient (Wildman–Crippen LogP) is 4.38. The first-order chi connectivity index (χ1) is 19.6. The molecule has 0 unspecified atom stereocenters. The second-order valence-corrected chi connectivity index (χ2v) is 12.2. The third-order valence-corrected chi connectivity index (χ3v) is 9.64. The number of allylic oxidation sites excluding steroid dienone is 6. The molecular formula is C32H28INO7. The van der Waals surface area contributed by atoms with Crippen LogP contribution in [0, 0.1) is 21.3 Å². The van der Waals surface area contributed by atoms with E-state index in [1.807, 2.05) is 28.7 Å². The number of fused-ring (bicyclic) bond motifs is 3. The van der Waals surface area contributed by atoms with Gasteiger partial charge in [-0.15, -0.1) is 0 Å². The summed E-state index contributed by atoms with van der Waals surface area (Å²) in [5, 5.41) is 20.1. The lowest BCUT2D eigenvalue weighted by Crippen LogP contribution is -2.40. The molecule has 1 fully saturated rings. The zero-order chi connectivity index (χ0) is 29.2. The molecule has 2 N–H and O–H groups in total. The van der Waals surface area contributed by atoms with Crippen molar-refractivity contribution in [3.8, 4) is 17.2 Å². The van der Waals surface area contributed by atoms with Gasteiger partial charge in [0.15, 0.2) is 23.1 Å². The largest absolute Gasteiger partial charge is 0.508 e. The van der Waals surface area contributed by atoms with E-state index in [0.717, 1.165) is 11.1 Å². The number of benzene rings is 2. The molecule has 1 saturated heterocycles. The lowest BCUT2D eigenvalue weighted by molar-refractivity contribution is -0.140. The van der Waals surface area contributed by atoms with Crippen LogP contribution in [-0.4, -0.2) is 52.1 Å². The van der Waals surface area contributed by atoms with Gasteiger partial charge in [-0.1, -0.05) is 23.8 Å². The second-order valence-electron chi connectivity index (χ2n) is 11.0. The topological polar surface area (TPSA) is 121 Å². The molecule has 1 aliphatic heterocycles. The van der Waals surface area contributed by atoms with Crippen molar-refractivity contribution in [3.63, 3.8) is 0 Å². The van der Waals surface area contributed by atoms with Crippen molar-refractivity contribution < 1.29 is 34.1 Å². The van der Waals surface area contributed by atoms with Crippen molar-refractivity contribution in [2.24, 2.45) is 17.8 Å². The minimum atomic E-state index is -0.633. The third-order valence-electron chi connectivity index (χ3n) is 8.82. The fourth-order valence-corrected chi connectivity index (χ4v) is 7.49. The number of aromatic hydroxyl groups is 2. The second kappa shape index (κ2) is 10.3. The van der Waals surface area contributed by atoms with Gasteiger partial charge >= 0.3 is 0 Å². The van der Waals surface area contributed by atoms with Crippen LogP contribution in [0.2, 0.25) is 0 Å². The van der Waals surface area contributed by atoms with Crippen LogP contribution in [-0.2, 0) is 25.6 Å². The van der Waals surface area contributed by atoms with Crippen molar-refractivity contribution in [1.82, 2.24) is 4.90 Å². The molecular weight excluding hydrogens is 637 g/mol. The van der Waals surface area contributed by atoms with E-state index in [9.17, 15) is 29.4 Å². The Morgan fingerprint density at radius 1 is 1.02 bits per heavy atom. The first kappa shape index (κ1) is 27.4. The minimum absolute atomic E-state index is 0.0151. The van der Waals surface area contributed by atoms with Gasteiger partial charge in [0.05, 0.1) is 22.5 Å². The van der Waals surface area contributed by atoms with Gasteiger partial charge in [-0.3, -0.25) is 24.1 Å². The first-order valence-corrected chi connectivity index (χ1v) is 14.6. The zero-order valence-electron chi connectivity index (χ0n) is 22.5. The number of carbonyl (C=O) groups is 4. The minimum Gasteiger partial charge on any atom is -0.508 e. The van der Waals surface area contributed by atoms with Gasteiger partial charge in [-0.2, -0.15) is 0 Å². The lowest BCUT2D eigenvalue weighted by atomic mass is 9.59. The summed E-state index contributed by atoms with van der Waals surface area (Å²) in [5.74, 6) is -2.74. The molecule has 41 heavy (non-hydrogen) atoms. The number of rotatable bonds is 5. The normalized spacial score (nSPS) is 25.5. The molecule has 0 saturated carbocycles. The van der Waals surface area contributed by atoms with Gasteiger partial charge in [-0.25, -0.2) is 0 Å². The van der Waals surface area contributed by atoms with Crippen LogP contribution in [0.5, 0.6) is 17.2 Å². The Hall–Kier alpha value is -3.73. The van der Waals surface area contributed by atoms with Crippen LogP contribution in [0.15, 0.2) is 70.8 Å². The molecule has 0 spiro atoms. The first-order valence-electron chi connectivity index (χ1n) is 13.5. The highest BCUT2D eigenvalue weighted by Crippen LogP contribution is 2.55.